The van der Waals surface area contributed by atoms with E-state index in [1.54, 1.807) is 12.1 Å². The molecule has 0 aliphatic carbocycles. The number of nitrogens with two attached hydrogens (primary N) is 1. The van der Waals surface area contributed by atoms with E-state index in [1.165, 1.54) is 0 Å². The third-order valence-electron chi connectivity index (χ3n) is 2.18. The zero-order valence-electron chi connectivity index (χ0n) is 9.16. The molecular formula is C12H16N2O. The van der Waals surface area contributed by atoms with E-state index in [2.05, 4.69) is 6.07 Å². The Kier molecular flexibility index (Phi) is 3.56. The molecule has 15 heavy (non-hydrogen) atoms. The lowest BCUT2D eigenvalue weighted by Gasteiger charge is -2.15. The number of rotatable bonds is 4. The number of ether oxygens (including phenoxy) is 1. The van der Waals surface area contributed by atoms with Gasteiger partial charge in [-0.2, -0.15) is 5.26 Å². The minimum atomic E-state index is -0.326. The second-order valence-electron chi connectivity index (χ2n) is 4.16. The molecule has 1 aromatic rings. The minimum Gasteiger partial charge on any atom is -0.494 e. The van der Waals surface area contributed by atoms with Crippen LogP contribution in [-0.2, 0) is 0 Å². The van der Waals surface area contributed by atoms with E-state index in [0.717, 1.165) is 11.4 Å². The highest BCUT2D eigenvalue weighted by Gasteiger charge is 2.16. The van der Waals surface area contributed by atoms with Gasteiger partial charge in [0.2, 0.25) is 0 Å². The third-order valence-corrected chi connectivity index (χ3v) is 2.18. The molecule has 1 aromatic carbocycles. The van der Waals surface area contributed by atoms with Crippen molar-refractivity contribution in [2.45, 2.75) is 20.3 Å². The van der Waals surface area contributed by atoms with Gasteiger partial charge in [-0.05, 0) is 44.5 Å². The molecule has 0 fully saturated rings. The molecule has 0 aliphatic heterocycles. The van der Waals surface area contributed by atoms with Crippen molar-refractivity contribution in [1.82, 2.24) is 0 Å². The van der Waals surface area contributed by atoms with Gasteiger partial charge in [0, 0.05) is 5.69 Å². The van der Waals surface area contributed by atoms with Gasteiger partial charge in [0.25, 0.3) is 0 Å². The van der Waals surface area contributed by atoms with Gasteiger partial charge in [0.15, 0.2) is 0 Å². The Morgan fingerprint density at radius 2 is 1.93 bits per heavy atom. The lowest BCUT2D eigenvalue weighted by Crippen LogP contribution is -2.13. The molecule has 0 amide bonds. The molecule has 0 aliphatic rings. The van der Waals surface area contributed by atoms with E-state index >= 15 is 0 Å². The summed E-state index contributed by atoms with van der Waals surface area (Å²) in [6, 6.07) is 9.49. The van der Waals surface area contributed by atoms with Crippen LogP contribution in [0, 0.1) is 16.7 Å². The Bertz CT molecular complexity index is 349. The second kappa shape index (κ2) is 4.70. The maximum Gasteiger partial charge on any atom is 0.119 e. The minimum absolute atomic E-state index is 0.326. The predicted molar refractivity (Wildman–Crippen MR) is 60.4 cm³/mol. The highest BCUT2D eigenvalue weighted by Crippen LogP contribution is 2.20. The van der Waals surface area contributed by atoms with Gasteiger partial charge in [-0.1, -0.05) is 0 Å². The Labute approximate surface area is 90.5 Å². The van der Waals surface area contributed by atoms with Crippen LogP contribution in [-0.4, -0.2) is 6.61 Å². The monoisotopic (exact) mass is 204 g/mol. The first-order valence-corrected chi connectivity index (χ1v) is 4.93. The summed E-state index contributed by atoms with van der Waals surface area (Å²) in [6.45, 7) is 4.35. The first-order chi connectivity index (χ1) is 7.03. The Morgan fingerprint density at radius 1 is 1.33 bits per heavy atom. The van der Waals surface area contributed by atoms with E-state index in [1.807, 2.05) is 26.0 Å². The van der Waals surface area contributed by atoms with Gasteiger partial charge in [-0.25, -0.2) is 0 Å². The van der Waals surface area contributed by atoms with Gasteiger partial charge < -0.3 is 10.5 Å². The van der Waals surface area contributed by atoms with Crippen LogP contribution in [0.25, 0.3) is 0 Å². The van der Waals surface area contributed by atoms with Gasteiger partial charge in [0.05, 0.1) is 18.1 Å². The first-order valence-electron chi connectivity index (χ1n) is 4.93. The fraction of sp³-hybridized carbons (Fsp3) is 0.417. The van der Waals surface area contributed by atoms with Crippen LogP contribution in [0.15, 0.2) is 24.3 Å². The molecule has 3 heteroatoms. The average molecular weight is 204 g/mol. The van der Waals surface area contributed by atoms with Crippen LogP contribution >= 0.6 is 0 Å². The third kappa shape index (κ3) is 3.90. The number of nitrogen functional groups attached to an aromatic ring is 1. The molecule has 2 N–H and O–H groups in total. The molecule has 3 nitrogen and oxygen atoms in total. The molecular weight excluding hydrogens is 188 g/mol. The van der Waals surface area contributed by atoms with E-state index in [4.69, 9.17) is 15.7 Å². The van der Waals surface area contributed by atoms with E-state index in [-0.39, 0.29) is 5.41 Å². The maximum absolute atomic E-state index is 8.81. The summed E-state index contributed by atoms with van der Waals surface area (Å²) >= 11 is 0. The first kappa shape index (κ1) is 11.4. The average Bonchev–Trinajstić information content (AvgIpc) is 2.21. The van der Waals surface area contributed by atoms with E-state index in [0.29, 0.717) is 13.0 Å². The fourth-order valence-electron chi connectivity index (χ4n) is 1.04. The Balaban J connectivity index is 2.39. The van der Waals surface area contributed by atoms with Crippen LogP contribution in [0.5, 0.6) is 5.75 Å². The summed E-state index contributed by atoms with van der Waals surface area (Å²) < 4.78 is 5.49. The van der Waals surface area contributed by atoms with E-state index in [9.17, 15) is 0 Å². The molecule has 0 spiro atoms. The molecule has 0 atom stereocenters. The Morgan fingerprint density at radius 3 is 2.47 bits per heavy atom. The summed E-state index contributed by atoms with van der Waals surface area (Å²) in [6.07, 6.45) is 0.716. The molecule has 0 radical (unpaired) electrons. The van der Waals surface area contributed by atoms with Crippen molar-refractivity contribution in [3.63, 3.8) is 0 Å². The summed E-state index contributed by atoms with van der Waals surface area (Å²) in [5, 5.41) is 8.81. The van der Waals surface area contributed by atoms with Crippen molar-refractivity contribution >= 4 is 5.69 Å². The molecule has 0 saturated heterocycles. The number of hydrogen-bond acceptors (Lipinski definition) is 3. The standard InChI is InChI=1S/C12H16N2O/c1-12(2,9-13)7-8-15-11-5-3-10(14)4-6-11/h3-6H,7-8,14H2,1-2H3. The number of nitrogens with zero attached hydrogens (tertiary/aromatic N) is 1. The zero-order valence-corrected chi connectivity index (χ0v) is 9.16. The number of hydrogen-bond donors (Lipinski definition) is 1. The summed E-state index contributed by atoms with van der Waals surface area (Å²) in [5.74, 6) is 0.790. The van der Waals surface area contributed by atoms with Crippen LogP contribution in [0.2, 0.25) is 0 Å². The Hall–Kier alpha value is -1.69. The smallest absolute Gasteiger partial charge is 0.119 e. The van der Waals surface area contributed by atoms with Gasteiger partial charge >= 0.3 is 0 Å². The van der Waals surface area contributed by atoms with Crippen LogP contribution in [0.4, 0.5) is 5.69 Å². The molecule has 0 unspecified atom stereocenters. The number of benzene rings is 1. The van der Waals surface area contributed by atoms with Crippen molar-refractivity contribution in [2.75, 3.05) is 12.3 Å². The molecule has 0 heterocycles. The van der Waals surface area contributed by atoms with Crippen molar-refractivity contribution < 1.29 is 4.74 Å². The molecule has 0 bridgehead atoms. The molecule has 80 valence electrons. The van der Waals surface area contributed by atoms with Crippen molar-refractivity contribution in [3.05, 3.63) is 24.3 Å². The van der Waals surface area contributed by atoms with Crippen LogP contribution < -0.4 is 10.5 Å². The summed E-state index contributed by atoms with van der Waals surface area (Å²) in [4.78, 5) is 0. The summed E-state index contributed by atoms with van der Waals surface area (Å²) in [5.41, 5.74) is 5.94. The molecule has 0 saturated carbocycles. The van der Waals surface area contributed by atoms with Crippen molar-refractivity contribution in [1.29, 1.82) is 5.26 Å². The lowest BCUT2D eigenvalue weighted by molar-refractivity contribution is 0.264. The number of anilines is 1. The quantitative estimate of drug-likeness (QED) is 0.767. The van der Waals surface area contributed by atoms with Gasteiger partial charge in [-0.15, -0.1) is 0 Å². The fourth-order valence-corrected chi connectivity index (χ4v) is 1.04. The zero-order chi connectivity index (χ0) is 11.3. The number of nitriles is 1. The topological polar surface area (TPSA) is 59.0 Å². The largest absolute Gasteiger partial charge is 0.494 e. The highest BCUT2D eigenvalue weighted by molar-refractivity contribution is 5.41. The SMILES string of the molecule is CC(C)(C#N)CCOc1ccc(N)cc1. The van der Waals surface area contributed by atoms with Crippen LogP contribution in [0.1, 0.15) is 20.3 Å². The second-order valence-corrected chi connectivity index (χ2v) is 4.16. The van der Waals surface area contributed by atoms with Crippen LogP contribution in [0.3, 0.4) is 0 Å². The normalized spacial score (nSPS) is 10.7. The highest BCUT2D eigenvalue weighted by atomic mass is 16.5. The molecule has 1 rings (SSSR count). The van der Waals surface area contributed by atoms with Crippen molar-refractivity contribution in [3.8, 4) is 11.8 Å². The van der Waals surface area contributed by atoms with Gasteiger partial charge in [-0.3, -0.25) is 0 Å². The lowest BCUT2D eigenvalue weighted by atomic mass is 9.92. The predicted octanol–water partition coefficient (Wildman–Crippen LogP) is 2.59. The van der Waals surface area contributed by atoms with Crippen molar-refractivity contribution in [2.24, 2.45) is 5.41 Å². The van der Waals surface area contributed by atoms with E-state index < -0.39 is 0 Å². The van der Waals surface area contributed by atoms with Gasteiger partial charge in [0.1, 0.15) is 5.75 Å². The maximum atomic E-state index is 8.81. The summed E-state index contributed by atoms with van der Waals surface area (Å²) in [7, 11) is 0. The molecule has 0 aromatic heterocycles.